The van der Waals surface area contributed by atoms with Crippen LogP contribution in [0.3, 0.4) is 0 Å². The Labute approximate surface area is 214 Å². The van der Waals surface area contributed by atoms with Crippen molar-refractivity contribution in [3.8, 4) is 11.3 Å². The molecular formula is C26H32FN7O3. The van der Waals surface area contributed by atoms with Crippen LogP contribution < -0.4 is 11.5 Å². The molecule has 0 bridgehead atoms. The average Bonchev–Trinajstić information content (AvgIpc) is 3.50. The molecule has 1 aliphatic carbocycles. The molecule has 2 aliphatic rings. The molecule has 2 amide bonds. The number of anilines is 1. The van der Waals surface area contributed by atoms with Gasteiger partial charge in [-0.1, -0.05) is 12.1 Å². The summed E-state index contributed by atoms with van der Waals surface area (Å²) in [6, 6.07) is 6.18. The van der Waals surface area contributed by atoms with E-state index in [9.17, 15) is 14.0 Å². The molecule has 37 heavy (non-hydrogen) atoms. The molecule has 0 radical (unpaired) electrons. The van der Waals surface area contributed by atoms with Crippen molar-refractivity contribution in [3.63, 3.8) is 0 Å². The third-order valence-corrected chi connectivity index (χ3v) is 7.13. The highest BCUT2D eigenvalue weighted by molar-refractivity contribution is 6.03. The van der Waals surface area contributed by atoms with Crippen molar-refractivity contribution < 1.29 is 18.7 Å². The number of amides is 2. The number of hydrogen-bond acceptors (Lipinski definition) is 6. The molecule has 4 N–H and O–H groups in total. The molecule has 10 nitrogen and oxygen atoms in total. The van der Waals surface area contributed by atoms with Crippen molar-refractivity contribution in [3.05, 3.63) is 53.6 Å². The summed E-state index contributed by atoms with van der Waals surface area (Å²) in [4.78, 5) is 26.6. The lowest BCUT2D eigenvalue weighted by Crippen LogP contribution is -2.43. The lowest BCUT2D eigenvalue weighted by atomic mass is 9.65. The first-order chi connectivity index (χ1) is 17.4. The van der Waals surface area contributed by atoms with Crippen LogP contribution >= 0.6 is 0 Å². The van der Waals surface area contributed by atoms with Gasteiger partial charge in [0, 0.05) is 24.8 Å². The maximum absolute atomic E-state index is 13.2. The van der Waals surface area contributed by atoms with E-state index in [1.165, 1.54) is 12.1 Å². The Hall–Kier alpha value is -3.89. The second kappa shape index (κ2) is 8.89. The van der Waals surface area contributed by atoms with Crippen LogP contribution in [-0.2, 0) is 11.3 Å². The van der Waals surface area contributed by atoms with Gasteiger partial charge in [0.05, 0.1) is 18.8 Å². The summed E-state index contributed by atoms with van der Waals surface area (Å²) < 4.78 is 22.1. The molecule has 196 valence electrons. The maximum atomic E-state index is 13.2. The predicted octanol–water partition coefficient (Wildman–Crippen LogP) is 3.58. The molecule has 11 heteroatoms. The van der Waals surface area contributed by atoms with Crippen molar-refractivity contribution in [1.29, 1.82) is 0 Å². The summed E-state index contributed by atoms with van der Waals surface area (Å²) >= 11 is 0. The number of halogens is 1. The molecule has 1 spiro atoms. The first kappa shape index (κ1) is 24.8. The minimum Gasteiger partial charge on any atom is -0.444 e. The average molecular weight is 510 g/mol. The van der Waals surface area contributed by atoms with Gasteiger partial charge in [-0.25, -0.2) is 13.9 Å². The Morgan fingerprint density at radius 1 is 1.22 bits per heavy atom. The topological polar surface area (TPSA) is 134 Å². The van der Waals surface area contributed by atoms with Gasteiger partial charge in [0.15, 0.2) is 0 Å². The molecule has 2 fully saturated rings. The van der Waals surface area contributed by atoms with E-state index in [-0.39, 0.29) is 34.7 Å². The van der Waals surface area contributed by atoms with Crippen LogP contribution in [0, 0.1) is 11.2 Å². The number of ether oxygens (including phenoxy) is 1. The second-order valence-electron chi connectivity index (χ2n) is 11.2. The Balaban J connectivity index is 1.31. The van der Waals surface area contributed by atoms with Crippen molar-refractivity contribution in [2.24, 2.45) is 11.1 Å². The minimum absolute atomic E-state index is 0.000281. The largest absolute Gasteiger partial charge is 0.444 e. The number of nitrogens with two attached hydrogens (primary N) is 2. The second-order valence-corrected chi connectivity index (χ2v) is 11.2. The quantitative estimate of drug-likeness (QED) is 0.540. The van der Waals surface area contributed by atoms with Crippen molar-refractivity contribution >= 4 is 17.8 Å². The van der Waals surface area contributed by atoms with Gasteiger partial charge in [0.25, 0.3) is 5.91 Å². The van der Waals surface area contributed by atoms with Gasteiger partial charge in [-0.3, -0.25) is 9.48 Å². The van der Waals surface area contributed by atoms with Crippen molar-refractivity contribution in [2.75, 3.05) is 18.8 Å². The SMILES string of the molecule is CC(C)(C)OC(=O)N1CC[C@]2(C1)C[C@H](n1nc(-c3cnn(Cc4ccc(F)cc4)c3)c(C(N)=O)c1N)C2. The van der Waals surface area contributed by atoms with E-state index >= 15 is 0 Å². The van der Waals surface area contributed by atoms with Crippen LogP contribution in [0.1, 0.15) is 62.0 Å². The van der Waals surface area contributed by atoms with E-state index in [1.54, 1.807) is 38.8 Å². The van der Waals surface area contributed by atoms with E-state index < -0.39 is 11.5 Å². The molecule has 3 heterocycles. The lowest BCUT2D eigenvalue weighted by molar-refractivity contribution is 0.0187. The number of likely N-dealkylation sites (tertiary alicyclic amines) is 1. The first-order valence-electron chi connectivity index (χ1n) is 12.4. The number of carbonyl (C=O) groups excluding carboxylic acids is 2. The van der Waals surface area contributed by atoms with E-state index in [2.05, 4.69) is 5.10 Å². The molecule has 1 aliphatic heterocycles. The van der Waals surface area contributed by atoms with Gasteiger partial charge in [-0.05, 0) is 63.1 Å². The van der Waals surface area contributed by atoms with Crippen molar-refractivity contribution in [2.45, 2.75) is 58.2 Å². The maximum Gasteiger partial charge on any atom is 0.410 e. The van der Waals surface area contributed by atoms with Gasteiger partial charge in [0.2, 0.25) is 0 Å². The zero-order valence-electron chi connectivity index (χ0n) is 21.3. The van der Waals surface area contributed by atoms with Gasteiger partial charge < -0.3 is 21.1 Å². The molecule has 1 saturated heterocycles. The molecule has 0 unspecified atom stereocenters. The zero-order valence-corrected chi connectivity index (χ0v) is 21.3. The molecular weight excluding hydrogens is 477 g/mol. The third-order valence-electron chi connectivity index (χ3n) is 7.13. The number of nitrogens with zero attached hydrogens (tertiary/aromatic N) is 5. The van der Waals surface area contributed by atoms with Gasteiger partial charge in [0.1, 0.15) is 28.5 Å². The normalized spacial score (nSPS) is 21.3. The molecule has 3 aromatic rings. The summed E-state index contributed by atoms with van der Waals surface area (Å²) in [5.41, 5.74) is 13.6. The summed E-state index contributed by atoms with van der Waals surface area (Å²) in [5, 5.41) is 9.06. The van der Waals surface area contributed by atoms with E-state index in [1.807, 2.05) is 20.8 Å². The Kier molecular flexibility index (Phi) is 5.96. The number of benzene rings is 1. The fourth-order valence-electron chi connectivity index (χ4n) is 5.38. The van der Waals surface area contributed by atoms with Gasteiger partial charge in [-0.15, -0.1) is 0 Å². The smallest absolute Gasteiger partial charge is 0.410 e. The predicted molar refractivity (Wildman–Crippen MR) is 135 cm³/mol. The minimum atomic E-state index is -0.656. The molecule has 0 atom stereocenters. The summed E-state index contributed by atoms with van der Waals surface area (Å²) in [6.07, 6.45) is 5.55. The van der Waals surface area contributed by atoms with E-state index in [0.29, 0.717) is 30.9 Å². The van der Waals surface area contributed by atoms with Crippen LogP contribution in [0.25, 0.3) is 11.3 Å². The summed E-state index contributed by atoms with van der Waals surface area (Å²) in [6.45, 7) is 7.29. The zero-order chi connectivity index (χ0) is 26.5. The van der Waals surface area contributed by atoms with Gasteiger partial charge in [-0.2, -0.15) is 10.2 Å². The molecule has 1 saturated carbocycles. The van der Waals surface area contributed by atoms with Crippen LogP contribution in [0.2, 0.25) is 0 Å². The Morgan fingerprint density at radius 2 is 1.92 bits per heavy atom. The van der Waals surface area contributed by atoms with E-state index in [4.69, 9.17) is 21.3 Å². The van der Waals surface area contributed by atoms with Crippen LogP contribution in [-0.4, -0.2) is 55.2 Å². The number of rotatable bonds is 5. The summed E-state index contributed by atoms with van der Waals surface area (Å²) in [5.74, 6) is -0.725. The highest BCUT2D eigenvalue weighted by Crippen LogP contribution is 2.55. The molecule has 5 rings (SSSR count). The Bertz CT molecular complexity index is 1330. The monoisotopic (exact) mass is 509 g/mol. The number of carbonyl (C=O) groups is 2. The number of nitrogen functional groups attached to an aromatic ring is 1. The Morgan fingerprint density at radius 3 is 2.57 bits per heavy atom. The van der Waals surface area contributed by atoms with E-state index in [0.717, 1.165) is 24.8 Å². The number of primary amides is 1. The molecule has 1 aromatic carbocycles. The number of aromatic nitrogens is 4. The van der Waals surface area contributed by atoms with Crippen LogP contribution in [0.15, 0.2) is 36.7 Å². The van der Waals surface area contributed by atoms with Gasteiger partial charge >= 0.3 is 6.09 Å². The standard InChI is InChI=1S/C26H32FN7O3/c1-25(2,3)37-24(36)32-9-8-26(15-32)10-19(11-26)34-22(28)20(23(29)35)21(31-34)17-12-30-33(14-17)13-16-4-6-18(27)7-5-16/h4-7,12,14,19H,8-11,13,15,28H2,1-3H3,(H2,29,35)/t19-,26-. The molecule has 2 aromatic heterocycles. The summed E-state index contributed by atoms with van der Waals surface area (Å²) in [7, 11) is 0. The lowest BCUT2D eigenvalue weighted by Gasteiger charge is -2.45. The number of hydrogen-bond donors (Lipinski definition) is 2. The van der Waals surface area contributed by atoms with Crippen molar-refractivity contribution in [1.82, 2.24) is 24.5 Å². The fourth-order valence-corrected chi connectivity index (χ4v) is 5.38. The fraction of sp³-hybridized carbons (Fsp3) is 0.462. The highest BCUT2D eigenvalue weighted by Gasteiger charge is 2.51. The van der Waals surface area contributed by atoms with Crippen LogP contribution in [0.5, 0.6) is 0 Å². The third kappa shape index (κ3) is 4.90. The first-order valence-corrected chi connectivity index (χ1v) is 12.4. The van der Waals surface area contributed by atoms with Crippen LogP contribution in [0.4, 0.5) is 15.0 Å². The highest BCUT2D eigenvalue weighted by atomic mass is 19.1.